The Balaban J connectivity index is 2.03. The van der Waals surface area contributed by atoms with Crippen molar-refractivity contribution >= 4 is 17.6 Å². The molecule has 1 aliphatic rings. The van der Waals surface area contributed by atoms with Crippen molar-refractivity contribution < 1.29 is 14.3 Å². The van der Waals surface area contributed by atoms with Crippen molar-refractivity contribution in [1.82, 2.24) is 5.32 Å². The lowest BCUT2D eigenvalue weighted by Gasteiger charge is -2.18. The van der Waals surface area contributed by atoms with E-state index in [1.165, 1.54) is 7.11 Å². The number of hydrogen-bond donors (Lipinski definition) is 2. The highest BCUT2D eigenvalue weighted by molar-refractivity contribution is 5.99. The lowest BCUT2D eigenvalue weighted by molar-refractivity contribution is -0.141. The molecule has 0 aliphatic carbocycles. The SMILES string of the molecule is CCCNC(CC(=O)OC)Cc1ccc2c(c1)CC(=O)N2. The van der Waals surface area contributed by atoms with Crippen LogP contribution in [0.4, 0.5) is 5.69 Å². The van der Waals surface area contributed by atoms with E-state index in [0.29, 0.717) is 12.8 Å². The number of rotatable bonds is 7. The van der Waals surface area contributed by atoms with E-state index in [0.717, 1.165) is 36.2 Å². The van der Waals surface area contributed by atoms with Gasteiger partial charge in [0.1, 0.15) is 0 Å². The minimum absolute atomic E-state index is 0.0392. The summed E-state index contributed by atoms with van der Waals surface area (Å²) in [6.07, 6.45) is 2.55. The van der Waals surface area contributed by atoms with Crippen molar-refractivity contribution in [2.45, 2.75) is 38.6 Å². The first kappa shape index (κ1) is 15.5. The predicted octanol–water partition coefficient (Wildman–Crippen LogP) is 1.65. The minimum atomic E-state index is -0.207. The fourth-order valence-electron chi connectivity index (χ4n) is 2.54. The van der Waals surface area contributed by atoms with Gasteiger partial charge in [-0.15, -0.1) is 0 Å². The topological polar surface area (TPSA) is 67.4 Å². The van der Waals surface area contributed by atoms with Crippen molar-refractivity contribution in [3.63, 3.8) is 0 Å². The van der Waals surface area contributed by atoms with Gasteiger partial charge in [0.15, 0.2) is 0 Å². The zero-order valence-electron chi connectivity index (χ0n) is 12.6. The molecule has 0 bridgehead atoms. The van der Waals surface area contributed by atoms with E-state index >= 15 is 0 Å². The van der Waals surface area contributed by atoms with E-state index in [2.05, 4.69) is 17.6 Å². The predicted molar refractivity (Wildman–Crippen MR) is 81.2 cm³/mol. The molecule has 1 aliphatic heterocycles. The van der Waals surface area contributed by atoms with E-state index in [9.17, 15) is 9.59 Å². The normalized spacial score (nSPS) is 14.5. The summed E-state index contributed by atoms with van der Waals surface area (Å²) in [6.45, 7) is 2.96. The van der Waals surface area contributed by atoms with Gasteiger partial charge in [-0.25, -0.2) is 0 Å². The number of carbonyl (C=O) groups excluding carboxylic acids is 2. The highest BCUT2D eigenvalue weighted by Gasteiger charge is 2.19. The molecule has 0 aromatic heterocycles. The van der Waals surface area contributed by atoms with E-state index in [1.54, 1.807) is 0 Å². The lowest BCUT2D eigenvalue weighted by atomic mass is 10.00. The lowest BCUT2D eigenvalue weighted by Crippen LogP contribution is -2.34. The van der Waals surface area contributed by atoms with Gasteiger partial charge in [-0.05, 0) is 36.6 Å². The molecule has 0 spiro atoms. The van der Waals surface area contributed by atoms with Gasteiger partial charge in [-0.1, -0.05) is 19.1 Å². The van der Waals surface area contributed by atoms with Crippen LogP contribution in [0.1, 0.15) is 30.9 Å². The third kappa shape index (κ3) is 4.29. The van der Waals surface area contributed by atoms with Crippen molar-refractivity contribution in [1.29, 1.82) is 0 Å². The van der Waals surface area contributed by atoms with Crippen molar-refractivity contribution in [2.75, 3.05) is 19.0 Å². The summed E-state index contributed by atoms with van der Waals surface area (Å²) in [5.74, 6) is -0.168. The first-order valence-electron chi connectivity index (χ1n) is 7.34. The molecule has 1 aromatic rings. The summed E-state index contributed by atoms with van der Waals surface area (Å²) in [7, 11) is 1.41. The molecule has 0 radical (unpaired) electrons. The molecule has 2 N–H and O–H groups in total. The average Bonchev–Trinajstić information content (AvgIpc) is 2.83. The number of fused-ring (bicyclic) bond motifs is 1. The number of methoxy groups -OCH3 is 1. The summed E-state index contributed by atoms with van der Waals surface area (Å²) < 4.78 is 4.75. The first-order chi connectivity index (χ1) is 10.1. The summed E-state index contributed by atoms with van der Waals surface area (Å²) in [5, 5.41) is 6.20. The van der Waals surface area contributed by atoms with E-state index in [1.807, 2.05) is 18.2 Å². The van der Waals surface area contributed by atoms with Gasteiger partial charge in [-0.3, -0.25) is 9.59 Å². The third-order valence-corrected chi connectivity index (χ3v) is 3.60. The van der Waals surface area contributed by atoms with E-state index in [-0.39, 0.29) is 17.9 Å². The second kappa shape index (κ2) is 7.22. The van der Waals surface area contributed by atoms with Gasteiger partial charge < -0.3 is 15.4 Å². The van der Waals surface area contributed by atoms with Gasteiger partial charge >= 0.3 is 5.97 Å². The molecular weight excluding hydrogens is 268 g/mol. The minimum Gasteiger partial charge on any atom is -0.469 e. The van der Waals surface area contributed by atoms with Crippen LogP contribution in [0.15, 0.2) is 18.2 Å². The number of hydrogen-bond acceptors (Lipinski definition) is 4. The number of esters is 1. The number of nitrogens with one attached hydrogen (secondary N) is 2. The third-order valence-electron chi connectivity index (χ3n) is 3.60. The molecule has 114 valence electrons. The van der Waals surface area contributed by atoms with Gasteiger partial charge in [0.2, 0.25) is 5.91 Å². The summed E-state index contributed by atoms with van der Waals surface area (Å²) in [5.41, 5.74) is 3.06. The Bertz CT molecular complexity index is 528. The van der Waals surface area contributed by atoms with Crippen LogP contribution in [-0.2, 0) is 27.2 Å². The summed E-state index contributed by atoms with van der Waals surface area (Å²) in [6, 6.07) is 6.04. The smallest absolute Gasteiger partial charge is 0.307 e. The highest BCUT2D eigenvalue weighted by atomic mass is 16.5. The second-order valence-corrected chi connectivity index (χ2v) is 5.35. The number of benzene rings is 1. The maximum Gasteiger partial charge on any atom is 0.307 e. The Morgan fingerprint density at radius 2 is 2.29 bits per heavy atom. The van der Waals surface area contributed by atoms with Crippen molar-refractivity contribution in [3.8, 4) is 0 Å². The molecule has 5 heteroatoms. The first-order valence-corrected chi connectivity index (χ1v) is 7.34. The molecule has 21 heavy (non-hydrogen) atoms. The Labute approximate surface area is 125 Å². The second-order valence-electron chi connectivity index (χ2n) is 5.35. The molecule has 1 heterocycles. The monoisotopic (exact) mass is 290 g/mol. The summed E-state index contributed by atoms with van der Waals surface area (Å²) >= 11 is 0. The Hall–Kier alpha value is -1.88. The standard InChI is InChI=1S/C16H22N2O3/c1-3-6-17-13(10-16(20)21-2)8-11-4-5-14-12(7-11)9-15(19)18-14/h4-5,7,13,17H,3,6,8-10H2,1-2H3,(H,18,19). The van der Waals surface area contributed by atoms with Gasteiger partial charge in [0.25, 0.3) is 0 Å². The summed E-state index contributed by atoms with van der Waals surface area (Å²) in [4.78, 5) is 22.9. The van der Waals surface area contributed by atoms with Crippen LogP contribution >= 0.6 is 0 Å². The molecule has 0 saturated carbocycles. The Kier molecular flexibility index (Phi) is 5.33. The van der Waals surface area contributed by atoms with E-state index < -0.39 is 0 Å². The molecule has 1 unspecified atom stereocenters. The molecule has 2 rings (SSSR count). The van der Waals surface area contributed by atoms with Crippen LogP contribution in [0.2, 0.25) is 0 Å². The van der Waals surface area contributed by atoms with Crippen molar-refractivity contribution in [3.05, 3.63) is 29.3 Å². The van der Waals surface area contributed by atoms with Gasteiger partial charge in [0.05, 0.1) is 20.0 Å². The molecule has 1 aromatic carbocycles. The molecular formula is C16H22N2O3. The van der Waals surface area contributed by atoms with Crippen LogP contribution < -0.4 is 10.6 Å². The fourth-order valence-corrected chi connectivity index (χ4v) is 2.54. The van der Waals surface area contributed by atoms with Crippen LogP contribution in [0.5, 0.6) is 0 Å². The molecule has 1 atom stereocenters. The largest absolute Gasteiger partial charge is 0.469 e. The number of amides is 1. The van der Waals surface area contributed by atoms with Gasteiger partial charge in [0, 0.05) is 11.7 Å². The van der Waals surface area contributed by atoms with Crippen LogP contribution in [0, 0.1) is 0 Å². The molecule has 0 saturated heterocycles. The Morgan fingerprint density at radius 3 is 3.00 bits per heavy atom. The van der Waals surface area contributed by atoms with Crippen LogP contribution in [-0.4, -0.2) is 31.6 Å². The average molecular weight is 290 g/mol. The zero-order chi connectivity index (χ0) is 15.2. The zero-order valence-corrected chi connectivity index (χ0v) is 12.6. The number of anilines is 1. The number of ether oxygens (including phenoxy) is 1. The number of carbonyl (C=O) groups is 2. The van der Waals surface area contributed by atoms with Gasteiger partial charge in [-0.2, -0.15) is 0 Å². The maximum atomic E-state index is 11.5. The van der Waals surface area contributed by atoms with Crippen molar-refractivity contribution in [2.24, 2.45) is 0 Å². The maximum absolute atomic E-state index is 11.5. The highest BCUT2D eigenvalue weighted by Crippen LogP contribution is 2.24. The molecule has 0 fully saturated rings. The fraction of sp³-hybridized carbons (Fsp3) is 0.500. The Morgan fingerprint density at radius 1 is 1.48 bits per heavy atom. The van der Waals surface area contributed by atoms with E-state index in [4.69, 9.17) is 4.74 Å². The van der Waals surface area contributed by atoms with Crippen LogP contribution in [0.25, 0.3) is 0 Å². The molecule has 1 amide bonds. The van der Waals surface area contributed by atoms with Crippen LogP contribution in [0.3, 0.4) is 0 Å². The quantitative estimate of drug-likeness (QED) is 0.749. The molecule has 5 nitrogen and oxygen atoms in total.